The molecule has 0 fully saturated rings. The summed E-state index contributed by atoms with van der Waals surface area (Å²) in [5, 5.41) is 9.20. The van der Waals surface area contributed by atoms with E-state index in [1.807, 2.05) is 73.7 Å². The Morgan fingerprint density at radius 1 is 0.783 bits per heavy atom. The summed E-state index contributed by atoms with van der Waals surface area (Å²) in [6, 6.07) is 29.6. The monoisotopic (exact) mass is 619 g/mol. The van der Waals surface area contributed by atoms with Gasteiger partial charge >= 0.3 is 0 Å². The van der Waals surface area contributed by atoms with Crippen LogP contribution in [0.1, 0.15) is 29.3 Å². The quantitative estimate of drug-likeness (QED) is 0.0625. The molecule has 1 atom stereocenters. The summed E-state index contributed by atoms with van der Waals surface area (Å²) >= 11 is 0. The number of anilines is 2. The fraction of sp³-hybridized carbons (Fsp3) is 0.270. The zero-order valence-electron chi connectivity index (χ0n) is 26.9. The second-order valence-electron chi connectivity index (χ2n) is 12.5. The maximum atomic E-state index is 13.0. The molecule has 0 spiro atoms. The second-order valence-corrected chi connectivity index (χ2v) is 12.5. The van der Waals surface area contributed by atoms with Gasteiger partial charge in [-0.25, -0.2) is 0 Å². The zero-order chi connectivity index (χ0) is 32.8. The summed E-state index contributed by atoms with van der Waals surface area (Å²) in [5.41, 5.74) is 24.6. The van der Waals surface area contributed by atoms with Gasteiger partial charge in [-0.05, 0) is 55.0 Å². The van der Waals surface area contributed by atoms with E-state index < -0.39 is 6.04 Å². The van der Waals surface area contributed by atoms with E-state index in [0.717, 1.165) is 51.6 Å². The number of likely N-dealkylation sites (N-methyl/N-ethyl adjacent to an activating group) is 1. The van der Waals surface area contributed by atoms with Crippen molar-refractivity contribution in [2.45, 2.75) is 25.9 Å². The van der Waals surface area contributed by atoms with E-state index >= 15 is 0 Å². The van der Waals surface area contributed by atoms with E-state index in [0.29, 0.717) is 47.5 Å². The van der Waals surface area contributed by atoms with Gasteiger partial charge in [-0.1, -0.05) is 43.3 Å². The maximum absolute atomic E-state index is 13.0. The lowest BCUT2D eigenvalue weighted by Crippen LogP contribution is -2.50. The Morgan fingerprint density at radius 2 is 1.41 bits per heavy atom. The van der Waals surface area contributed by atoms with Crippen LogP contribution in [0, 0.1) is 0 Å². The lowest BCUT2D eigenvalue weighted by atomic mass is 9.97. The van der Waals surface area contributed by atoms with Crippen molar-refractivity contribution in [1.29, 1.82) is 0 Å². The van der Waals surface area contributed by atoms with Crippen molar-refractivity contribution in [3.05, 3.63) is 102 Å². The first-order valence-corrected chi connectivity index (χ1v) is 15.8. The van der Waals surface area contributed by atoms with Crippen molar-refractivity contribution >= 4 is 44.9 Å². The first-order chi connectivity index (χ1) is 22.1. The van der Waals surface area contributed by atoms with Crippen molar-refractivity contribution < 1.29 is 18.6 Å². The van der Waals surface area contributed by atoms with Crippen LogP contribution in [0.3, 0.4) is 0 Å². The first kappa shape index (κ1) is 32.4. The highest BCUT2D eigenvalue weighted by atomic mass is 16.2. The van der Waals surface area contributed by atoms with Crippen molar-refractivity contribution in [1.82, 2.24) is 10.6 Å². The number of nitrogens with one attached hydrogen (secondary N) is 2. The first-order valence-electron chi connectivity index (χ1n) is 15.8. The van der Waals surface area contributed by atoms with Crippen molar-refractivity contribution in [2.75, 3.05) is 51.7 Å². The predicted molar refractivity (Wildman–Crippen MR) is 187 cm³/mol. The van der Waals surface area contributed by atoms with E-state index in [2.05, 4.69) is 53.6 Å². The number of carbonyl (C=O) groups excluding carboxylic acids is 2. The Hall–Kier alpha value is -4.99. The lowest BCUT2D eigenvalue weighted by molar-refractivity contribution is -0.887. The minimum absolute atomic E-state index is 0.120. The standard InChI is InChI=1S/C37H43N7O2/c1-4-33(40)37(46)42-19-21-44(2,3)20-18-41-36(45)27-12-10-25(11-13-27)24-43-34-23-29(39)15-17-31(34)30-16-14-28(38)22-32(30)35(43)26-8-6-5-7-9-26/h5-17,22-23,33,39H,4,18-21,24,38,40H2,1-3H3,(H-,41,42,45,46)/p+2. The highest BCUT2D eigenvalue weighted by Gasteiger charge is 2.24. The number of hydrogen-bond acceptors (Lipinski definition) is 5. The molecule has 9 nitrogen and oxygen atoms in total. The molecule has 5 rings (SSSR count). The lowest BCUT2D eigenvalue weighted by Gasteiger charge is -2.30. The number of hydrogen-bond donors (Lipinski definition) is 5. The van der Waals surface area contributed by atoms with Gasteiger partial charge in [0.1, 0.15) is 0 Å². The zero-order valence-corrected chi connectivity index (χ0v) is 26.9. The SMILES string of the molecule is CCC(N)C(=O)NCC[N+](C)(C)CCNC(=O)c1ccc(C[n+]2c(-c3ccccc3)c3cc(N)ccc3c3ccc(N)cc32)cc1. The van der Waals surface area contributed by atoms with Crippen LogP contribution in [0.2, 0.25) is 0 Å². The van der Waals surface area contributed by atoms with E-state index in [-0.39, 0.29) is 11.8 Å². The summed E-state index contributed by atoms with van der Waals surface area (Å²) in [7, 11) is 4.15. The van der Waals surface area contributed by atoms with Crippen LogP contribution in [0.25, 0.3) is 32.9 Å². The Balaban J connectivity index is 1.34. The second kappa shape index (κ2) is 14.0. The highest BCUT2D eigenvalue weighted by Crippen LogP contribution is 2.33. The van der Waals surface area contributed by atoms with Gasteiger partial charge in [0.05, 0.1) is 57.1 Å². The number of quaternary nitrogens is 1. The van der Waals surface area contributed by atoms with Gasteiger partial charge in [-0.2, -0.15) is 4.57 Å². The van der Waals surface area contributed by atoms with E-state index in [1.165, 1.54) is 0 Å². The Kier molecular flexibility index (Phi) is 9.84. The van der Waals surface area contributed by atoms with E-state index in [9.17, 15) is 9.59 Å². The molecule has 46 heavy (non-hydrogen) atoms. The molecule has 1 aromatic heterocycles. The molecule has 0 saturated heterocycles. The molecule has 9 heteroatoms. The predicted octanol–water partition coefficient (Wildman–Crippen LogP) is 3.82. The number of aromatic nitrogens is 1. The molecular formula is C37H45N7O2+2. The molecule has 0 aliphatic carbocycles. The Morgan fingerprint density at radius 3 is 2.09 bits per heavy atom. The minimum atomic E-state index is -0.476. The topological polar surface area (TPSA) is 140 Å². The largest absolute Gasteiger partial charge is 0.399 e. The summed E-state index contributed by atoms with van der Waals surface area (Å²) in [4.78, 5) is 25.0. The minimum Gasteiger partial charge on any atom is -0.399 e. The van der Waals surface area contributed by atoms with Gasteiger partial charge in [0.25, 0.3) is 5.91 Å². The summed E-state index contributed by atoms with van der Waals surface area (Å²) in [5.74, 6) is -0.248. The van der Waals surface area contributed by atoms with Gasteiger partial charge in [0.2, 0.25) is 17.1 Å². The maximum Gasteiger partial charge on any atom is 0.251 e. The highest BCUT2D eigenvalue weighted by molar-refractivity contribution is 6.10. The number of carbonyl (C=O) groups is 2. The van der Waals surface area contributed by atoms with Crippen molar-refractivity contribution in [2.24, 2.45) is 5.73 Å². The third-order valence-electron chi connectivity index (χ3n) is 8.57. The summed E-state index contributed by atoms with van der Waals surface area (Å²) < 4.78 is 2.94. The van der Waals surface area contributed by atoms with Gasteiger partial charge in [0, 0.05) is 39.5 Å². The number of nitrogen functional groups attached to an aromatic ring is 2. The van der Waals surface area contributed by atoms with Crippen LogP contribution in [0.15, 0.2) is 91.0 Å². The van der Waals surface area contributed by atoms with Crippen LogP contribution in [-0.2, 0) is 11.3 Å². The molecular weight excluding hydrogens is 574 g/mol. The van der Waals surface area contributed by atoms with Gasteiger partial charge in [0.15, 0.2) is 6.54 Å². The average molecular weight is 620 g/mol. The number of fused-ring (bicyclic) bond motifs is 3. The van der Waals surface area contributed by atoms with Gasteiger partial charge in [-0.15, -0.1) is 0 Å². The van der Waals surface area contributed by atoms with Crippen molar-refractivity contribution in [3.63, 3.8) is 0 Å². The van der Waals surface area contributed by atoms with Crippen LogP contribution >= 0.6 is 0 Å². The summed E-state index contributed by atoms with van der Waals surface area (Å²) in [6.45, 7) is 4.97. The number of pyridine rings is 1. The molecule has 238 valence electrons. The molecule has 4 aromatic carbocycles. The third-order valence-corrected chi connectivity index (χ3v) is 8.57. The molecule has 0 radical (unpaired) electrons. The molecule has 0 saturated carbocycles. The smallest absolute Gasteiger partial charge is 0.251 e. The van der Waals surface area contributed by atoms with Crippen LogP contribution < -0.4 is 32.4 Å². The van der Waals surface area contributed by atoms with Gasteiger partial charge < -0.3 is 32.3 Å². The van der Waals surface area contributed by atoms with Crippen LogP contribution in [-0.4, -0.2) is 62.6 Å². The molecule has 2 amide bonds. The normalized spacial score (nSPS) is 12.3. The molecule has 8 N–H and O–H groups in total. The molecule has 0 aliphatic heterocycles. The molecule has 0 aliphatic rings. The van der Waals surface area contributed by atoms with Crippen LogP contribution in [0.4, 0.5) is 11.4 Å². The number of nitrogens with zero attached hydrogens (tertiary/aromatic N) is 2. The average Bonchev–Trinajstić information content (AvgIpc) is 3.04. The molecule has 1 unspecified atom stereocenters. The van der Waals surface area contributed by atoms with Crippen LogP contribution in [0.5, 0.6) is 0 Å². The molecule has 1 heterocycles. The van der Waals surface area contributed by atoms with Crippen molar-refractivity contribution in [3.8, 4) is 11.3 Å². The Bertz CT molecular complexity index is 1850. The van der Waals surface area contributed by atoms with E-state index in [4.69, 9.17) is 17.2 Å². The number of nitrogens with two attached hydrogens (primary N) is 3. The molecule has 5 aromatic rings. The number of rotatable bonds is 12. The third kappa shape index (κ3) is 7.44. The fourth-order valence-corrected chi connectivity index (χ4v) is 5.76. The Labute approximate surface area is 270 Å². The number of benzene rings is 4. The van der Waals surface area contributed by atoms with E-state index in [1.54, 1.807) is 0 Å². The fourth-order valence-electron chi connectivity index (χ4n) is 5.76. The molecule has 0 bridgehead atoms. The van der Waals surface area contributed by atoms with Gasteiger partial charge in [-0.3, -0.25) is 9.59 Å². The number of amides is 2. The summed E-state index contributed by atoms with van der Waals surface area (Å²) in [6.07, 6.45) is 0.607.